The first kappa shape index (κ1) is 9.67. The van der Waals surface area contributed by atoms with Crippen molar-refractivity contribution in [2.24, 2.45) is 0 Å². The number of phenolic OH excluding ortho intramolecular Hbond substituents is 1. The van der Waals surface area contributed by atoms with Gasteiger partial charge in [0.25, 0.3) is 5.56 Å². The summed E-state index contributed by atoms with van der Waals surface area (Å²) in [7, 11) is 1.75. The number of aromatic nitrogens is 2. The fraction of sp³-hybridized carbons (Fsp3) is 0.200. The monoisotopic (exact) mass is 205 g/mol. The highest BCUT2D eigenvalue weighted by Crippen LogP contribution is 2.14. The summed E-state index contributed by atoms with van der Waals surface area (Å²) >= 11 is 0. The highest BCUT2D eigenvalue weighted by atomic mass is 16.3. The van der Waals surface area contributed by atoms with E-state index in [9.17, 15) is 9.90 Å². The summed E-state index contributed by atoms with van der Waals surface area (Å²) in [5.74, 6) is 0.0728. The molecule has 78 valence electrons. The van der Waals surface area contributed by atoms with Crippen molar-refractivity contribution >= 4 is 10.9 Å². The van der Waals surface area contributed by atoms with Gasteiger partial charge in [0.15, 0.2) is 0 Å². The van der Waals surface area contributed by atoms with Crippen molar-refractivity contribution in [1.82, 2.24) is 14.9 Å². The van der Waals surface area contributed by atoms with Crippen molar-refractivity contribution in [1.29, 1.82) is 0 Å². The Kier molecular flexibility index (Phi) is 2.39. The van der Waals surface area contributed by atoms with Crippen LogP contribution >= 0.6 is 0 Å². The van der Waals surface area contributed by atoms with Crippen molar-refractivity contribution in [2.75, 3.05) is 7.05 Å². The molecule has 2 aromatic rings. The van der Waals surface area contributed by atoms with Gasteiger partial charge in [-0.2, -0.15) is 0 Å². The smallest absolute Gasteiger partial charge is 0.262 e. The van der Waals surface area contributed by atoms with Gasteiger partial charge in [0.2, 0.25) is 0 Å². The van der Waals surface area contributed by atoms with Gasteiger partial charge in [-0.1, -0.05) is 0 Å². The molecule has 0 bridgehead atoms. The van der Waals surface area contributed by atoms with Gasteiger partial charge in [-0.3, -0.25) is 9.36 Å². The fourth-order valence-electron chi connectivity index (χ4n) is 1.43. The number of hydrogen-bond acceptors (Lipinski definition) is 4. The molecule has 0 amide bonds. The minimum absolute atomic E-state index is 0.0728. The predicted octanol–water partition coefficient (Wildman–Crippen LogP) is 0.279. The zero-order valence-electron chi connectivity index (χ0n) is 8.27. The van der Waals surface area contributed by atoms with E-state index >= 15 is 0 Å². The van der Waals surface area contributed by atoms with E-state index in [-0.39, 0.29) is 11.3 Å². The van der Waals surface area contributed by atoms with E-state index < -0.39 is 0 Å². The van der Waals surface area contributed by atoms with Gasteiger partial charge >= 0.3 is 0 Å². The van der Waals surface area contributed by atoms with Crippen LogP contribution in [0.25, 0.3) is 10.9 Å². The maximum atomic E-state index is 11.8. The van der Waals surface area contributed by atoms with Crippen LogP contribution in [0.2, 0.25) is 0 Å². The molecule has 0 saturated carbocycles. The first-order valence-electron chi connectivity index (χ1n) is 4.55. The quantitative estimate of drug-likeness (QED) is 0.739. The van der Waals surface area contributed by atoms with Crippen LogP contribution in [0.5, 0.6) is 5.75 Å². The topological polar surface area (TPSA) is 67.2 Å². The molecule has 0 spiro atoms. The Balaban J connectivity index is 2.71. The summed E-state index contributed by atoms with van der Waals surface area (Å²) < 4.78 is 1.45. The first-order valence-corrected chi connectivity index (χ1v) is 4.55. The predicted molar refractivity (Wildman–Crippen MR) is 56.7 cm³/mol. The highest BCUT2D eigenvalue weighted by Gasteiger charge is 2.03. The zero-order valence-corrected chi connectivity index (χ0v) is 8.27. The maximum absolute atomic E-state index is 11.8. The molecule has 2 rings (SSSR count). The Bertz CT molecular complexity index is 548. The van der Waals surface area contributed by atoms with E-state index in [0.717, 1.165) is 0 Å². The number of fused-ring (bicyclic) bond motifs is 1. The molecule has 0 aliphatic heterocycles. The van der Waals surface area contributed by atoms with Crippen molar-refractivity contribution < 1.29 is 5.11 Å². The molecule has 15 heavy (non-hydrogen) atoms. The number of nitrogens with zero attached hydrogens (tertiary/aromatic N) is 2. The lowest BCUT2D eigenvalue weighted by atomic mass is 10.2. The normalized spacial score (nSPS) is 10.7. The van der Waals surface area contributed by atoms with E-state index in [1.807, 2.05) is 0 Å². The van der Waals surface area contributed by atoms with Gasteiger partial charge in [-0.05, 0) is 25.2 Å². The van der Waals surface area contributed by atoms with Gasteiger partial charge in [0.05, 0.1) is 23.9 Å². The second-order valence-electron chi connectivity index (χ2n) is 3.23. The molecule has 5 heteroatoms. The third kappa shape index (κ3) is 1.69. The highest BCUT2D eigenvalue weighted by molar-refractivity contribution is 5.78. The number of aromatic hydroxyl groups is 1. The Hall–Kier alpha value is -1.88. The molecule has 0 saturated heterocycles. The molecule has 1 aromatic heterocycles. The summed E-state index contributed by atoms with van der Waals surface area (Å²) in [5.41, 5.74) is 0.426. The molecular weight excluding hydrogens is 194 g/mol. The van der Waals surface area contributed by atoms with Crippen molar-refractivity contribution in [3.05, 3.63) is 34.9 Å². The lowest BCUT2D eigenvalue weighted by Crippen LogP contribution is -2.26. The molecule has 0 aliphatic rings. The molecule has 0 atom stereocenters. The molecule has 0 unspecified atom stereocenters. The average Bonchev–Trinajstić information content (AvgIpc) is 2.23. The molecule has 1 aromatic carbocycles. The van der Waals surface area contributed by atoms with Gasteiger partial charge < -0.3 is 10.4 Å². The van der Waals surface area contributed by atoms with Crippen LogP contribution < -0.4 is 10.9 Å². The number of nitrogens with one attached hydrogen (secondary N) is 1. The molecule has 0 aliphatic carbocycles. The molecule has 5 nitrogen and oxygen atoms in total. The second-order valence-corrected chi connectivity index (χ2v) is 3.23. The molecule has 0 fully saturated rings. The summed E-state index contributed by atoms with van der Waals surface area (Å²) in [6.07, 6.45) is 1.48. The minimum atomic E-state index is -0.162. The maximum Gasteiger partial charge on any atom is 0.262 e. The molecular formula is C10H11N3O2. The number of rotatable bonds is 2. The fourth-order valence-corrected chi connectivity index (χ4v) is 1.43. The van der Waals surface area contributed by atoms with Crippen LogP contribution in [0, 0.1) is 0 Å². The molecule has 1 heterocycles. The van der Waals surface area contributed by atoms with Gasteiger partial charge in [0, 0.05) is 0 Å². The third-order valence-corrected chi connectivity index (χ3v) is 2.14. The van der Waals surface area contributed by atoms with E-state index in [4.69, 9.17) is 0 Å². The Labute approximate surface area is 86.0 Å². The third-order valence-electron chi connectivity index (χ3n) is 2.14. The zero-order chi connectivity index (χ0) is 10.8. The van der Waals surface area contributed by atoms with Crippen molar-refractivity contribution in [3.63, 3.8) is 0 Å². The number of hydrogen-bond donors (Lipinski definition) is 2. The molecule has 0 radical (unpaired) electrons. The van der Waals surface area contributed by atoms with Crippen LogP contribution in [0.15, 0.2) is 29.3 Å². The summed E-state index contributed by atoms with van der Waals surface area (Å²) in [6, 6.07) is 4.56. The second kappa shape index (κ2) is 3.70. The lowest BCUT2D eigenvalue weighted by molar-refractivity contribution is 0.476. The van der Waals surface area contributed by atoms with Crippen LogP contribution in [0.3, 0.4) is 0 Å². The number of phenols is 1. The van der Waals surface area contributed by atoms with E-state index in [0.29, 0.717) is 17.6 Å². The first-order chi connectivity index (χ1) is 7.22. The Morgan fingerprint density at radius 1 is 1.53 bits per heavy atom. The SMILES string of the molecule is CNCn1cnc2ccc(O)cc2c1=O. The van der Waals surface area contributed by atoms with Gasteiger partial charge in [0.1, 0.15) is 5.75 Å². The number of benzene rings is 1. The minimum Gasteiger partial charge on any atom is -0.508 e. The molecule has 2 N–H and O–H groups in total. The Morgan fingerprint density at radius 3 is 3.07 bits per heavy atom. The van der Waals surface area contributed by atoms with E-state index in [2.05, 4.69) is 10.3 Å². The standard InChI is InChI=1S/C10H11N3O2/c1-11-5-13-6-12-9-3-2-7(14)4-8(9)10(13)15/h2-4,6,11,14H,5H2,1H3. The van der Waals surface area contributed by atoms with Crippen LogP contribution in [0.1, 0.15) is 0 Å². The van der Waals surface area contributed by atoms with E-state index in [1.54, 1.807) is 13.1 Å². The van der Waals surface area contributed by atoms with E-state index in [1.165, 1.54) is 23.0 Å². The van der Waals surface area contributed by atoms with Crippen LogP contribution in [0.4, 0.5) is 0 Å². The van der Waals surface area contributed by atoms with Crippen molar-refractivity contribution in [3.8, 4) is 5.75 Å². The Morgan fingerprint density at radius 2 is 2.33 bits per heavy atom. The summed E-state index contributed by atoms with van der Waals surface area (Å²) in [4.78, 5) is 16.0. The summed E-state index contributed by atoms with van der Waals surface area (Å²) in [6.45, 7) is 0.400. The lowest BCUT2D eigenvalue weighted by Gasteiger charge is -2.05. The van der Waals surface area contributed by atoms with Crippen LogP contribution in [-0.2, 0) is 6.67 Å². The van der Waals surface area contributed by atoms with Crippen LogP contribution in [-0.4, -0.2) is 21.7 Å². The van der Waals surface area contributed by atoms with Crippen molar-refractivity contribution in [2.45, 2.75) is 6.67 Å². The average molecular weight is 205 g/mol. The van der Waals surface area contributed by atoms with Gasteiger partial charge in [-0.25, -0.2) is 4.98 Å². The largest absolute Gasteiger partial charge is 0.508 e. The summed E-state index contributed by atoms with van der Waals surface area (Å²) in [5, 5.41) is 12.6. The van der Waals surface area contributed by atoms with Gasteiger partial charge in [-0.15, -0.1) is 0 Å².